The predicted octanol–water partition coefficient (Wildman–Crippen LogP) is 3.33. The molecule has 4 unspecified atom stereocenters. The van der Waals surface area contributed by atoms with Crippen molar-refractivity contribution in [3.8, 4) is 0 Å². The van der Waals surface area contributed by atoms with Crippen LogP contribution >= 0.6 is 0 Å². The van der Waals surface area contributed by atoms with Gasteiger partial charge >= 0.3 is 6.09 Å². The van der Waals surface area contributed by atoms with Crippen LogP contribution in [0.3, 0.4) is 0 Å². The Balaban J connectivity index is 1.86. The summed E-state index contributed by atoms with van der Waals surface area (Å²) in [5, 5.41) is 10.5. The maximum atomic E-state index is 12.2. The van der Waals surface area contributed by atoms with Gasteiger partial charge in [0.2, 0.25) is 0 Å². The van der Waals surface area contributed by atoms with E-state index in [-0.39, 0.29) is 12.1 Å². The minimum atomic E-state index is -0.445. The molecule has 5 heteroatoms. The summed E-state index contributed by atoms with van der Waals surface area (Å²) in [7, 11) is 0. The van der Waals surface area contributed by atoms with Gasteiger partial charge in [0.15, 0.2) is 0 Å². The van der Waals surface area contributed by atoms with Gasteiger partial charge in [0.1, 0.15) is 5.60 Å². The molecule has 1 amide bonds. The Morgan fingerprint density at radius 1 is 1.12 bits per heavy atom. The Morgan fingerprint density at radius 3 is 2.46 bits per heavy atom. The number of carbonyl (C=O) groups is 1. The van der Waals surface area contributed by atoms with Gasteiger partial charge in [-0.1, -0.05) is 19.3 Å². The molecule has 0 aromatic rings. The van der Waals surface area contributed by atoms with E-state index in [4.69, 9.17) is 4.74 Å². The zero-order valence-corrected chi connectivity index (χ0v) is 16.0. The quantitative estimate of drug-likeness (QED) is 0.672. The number of hydrogen-bond acceptors (Lipinski definition) is 4. The predicted molar refractivity (Wildman–Crippen MR) is 98.3 cm³/mol. The van der Waals surface area contributed by atoms with Crippen LogP contribution in [-0.4, -0.2) is 42.4 Å². The van der Waals surface area contributed by atoms with E-state index in [2.05, 4.69) is 22.9 Å². The van der Waals surface area contributed by atoms with E-state index in [0.29, 0.717) is 18.1 Å². The first-order chi connectivity index (χ1) is 11.3. The Hall–Kier alpha value is -0.810. The Bertz CT molecular complexity index is 389. The van der Waals surface area contributed by atoms with E-state index < -0.39 is 5.60 Å². The van der Waals surface area contributed by atoms with E-state index in [1.165, 1.54) is 32.1 Å². The van der Waals surface area contributed by atoms with E-state index >= 15 is 0 Å². The molecule has 0 radical (unpaired) electrons. The van der Waals surface area contributed by atoms with Gasteiger partial charge < -0.3 is 20.7 Å². The first kappa shape index (κ1) is 19.5. The molecule has 4 atom stereocenters. The lowest BCUT2D eigenvalue weighted by Gasteiger charge is -2.31. The lowest BCUT2D eigenvalue weighted by Crippen LogP contribution is -2.53. The van der Waals surface area contributed by atoms with Gasteiger partial charge in [-0.15, -0.1) is 0 Å². The lowest BCUT2D eigenvalue weighted by molar-refractivity contribution is 0.0487. The monoisotopic (exact) mass is 339 g/mol. The average molecular weight is 340 g/mol. The molecule has 2 rings (SSSR count). The largest absolute Gasteiger partial charge is 0.444 e. The summed E-state index contributed by atoms with van der Waals surface area (Å²) in [6.45, 7) is 9.16. The van der Waals surface area contributed by atoms with Crippen LogP contribution in [0.1, 0.15) is 79.1 Å². The van der Waals surface area contributed by atoms with E-state index in [1.54, 1.807) is 0 Å². The SMILES string of the molecule is CC(CC1CCCN1)NC1CCCCCC1NC(=O)OC(C)(C)C. The molecule has 1 saturated carbocycles. The third-order valence-electron chi connectivity index (χ3n) is 5.02. The molecule has 0 aromatic carbocycles. The molecule has 2 aliphatic rings. The summed E-state index contributed by atoms with van der Waals surface area (Å²) < 4.78 is 5.45. The Morgan fingerprint density at radius 2 is 1.83 bits per heavy atom. The van der Waals surface area contributed by atoms with Gasteiger partial charge in [0.25, 0.3) is 0 Å². The third-order valence-corrected chi connectivity index (χ3v) is 5.02. The molecule has 2 fully saturated rings. The van der Waals surface area contributed by atoms with Crippen molar-refractivity contribution in [3.63, 3.8) is 0 Å². The lowest BCUT2D eigenvalue weighted by atomic mass is 10.00. The molecular weight excluding hydrogens is 302 g/mol. The topological polar surface area (TPSA) is 62.4 Å². The fraction of sp³-hybridized carbons (Fsp3) is 0.947. The molecule has 0 aromatic heterocycles. The molecule has 140 valence electrons. The van der Waals surface area contributed by atoms with Crippen LogP contribution in [0, 0.1) is 0 Å². The van der Waals surface area contributed by atoms with E-state index in [9.17, 15) is 4.79 Å². The van der Waals surface area contributed by atoms with Crippen LogP contribution < -0.4 is 16.0 Å². The highest BCUT2D eigenvalue weighted by molar-refractivity contribution is 5.68. The third kappa shape index (κ3) is 6.98. The first-order valence-corrected chi connectivity index (χ1v) is 9.82. The highest BCUT2D eigenvalue weighted by Crippen LogP contribution is 2.20. The van der Waals surface area contributed by atoms with Gasteiger partial charge in [-0.25, -0.2) is 4.79 Å². The fourth-order valence-corrected chi connectivity index (χ4v) is 3.96. The summed E-state index contributed by atoms with van der Waals surface area (Å²) in [5.74, 6) is 0. The highest BCUT2D eigenvalue weighted by atomic mass is 16.6. The first-order valence-electron chi connectivity index (χ1n) is 9.82. The van der Waals surface area contributed by atoms with Crippen molar-refractivity contribution in [2.45, 2.75) is 109 Å². The molecule has 0 spiro atoms. The average Bonchev–Trinajstić information content (AvgIpc) is 2.86. The van der Waals surface area contributed by atoms with Crippen molar-refractivity contribution in [2.24, 2.45) is 0 Å². The zero-order chi connectivity index (χ0) is 17.6. The summed E-state index contributed by atoms with van der Waals surface area (Å²) >= 11 is 0. The van der Waals surface area contributed by atoms with Gasteiger partial charge in [0, 0.05) is 24.2 Å². The van der Waals surface area contributed by atoms with Crippen molar-refractivity contribution < 1.29 is 9.53 Å². The maximum absolute atomic E-state index is 12.2. The molecule has 1 heterocycles. The molecule has 1 aliphatic carbocycles. The second-order valence-electron chi connectivity index (χ2n) is 8.59. The van der Waals surface area contributed by atoms with Crippen LogP contribution in [0.5, 0.6) is 0 Å². The normalized spacial score (nSPS) is 29.8. The van der Waals surface area contributed by atoms with Crippen LogP contribution in [0.2, 0.25) is 0 Å². The molecule has 1 aliphatic heterocycles. The number of amides is 1. The van der Waals surface area contributed by atoms with Crippen LogP contribution in [0.25, 0.3) is 0 Å². The molecule has 5 nitrogen and oxygen atoms in total. The van der Waals surface area contributed by atoms with Crippen molar-refractivity contribution >= 4 is 6.09 Å². The number of rotatable bonds is 5. The van der Waals surface area contributed by atoms with Crippen molar-refractivity contribution in [3.05, 3.63) is 0 Å². The maximum Gasteiger partial charge on any atom is 0.407 e. The van der Waals surface area contributed by atoms with Gasteiger partial charge in [-0.2, -0.15) is 0 Å². The Kier molecular flexibility index (Phi) is 7.35. The minimum absolute atomic E-state index is 0.168. The van der Waals surface area contributed by atoms with Crippen LogP contribution in [0.4, 0.5) is 4.79 Å². The highest BCUT2D eigenvalue weighted by Gasteiger charge is 2.28. The number of carbonyl (C=O) groups excluding carboxylic acids is 1. The molecular formula is C19H37N3O2. The van der Waals surface area contributed by atoms with Crippen molar-refractivity contribution in [1.29, 1.82) is 0 Å². The fourth-order valence-electron chi connectivity index (χ4n) is 3.96. The molecule has 1 saturated heterocycles. The number of ether oxygens (including phenoxy) is 1. The summed E-state index contributed by atoms with van der Waals surface area (Å²) in [5.41, 5.74) is -0.445. The molecule has 24 heavy (non-hydrogen) atoms. The van der Waals surface area contributed by atoms with Gasteiger partial charge in [-0.3, -0.25) is 0 Å². The molecule has 3 N–H and O–H groups in total. The standard InChI is InChI=1S/C19H37N3O2/c1-14(13-15-9-8-12-20-15)21-16-10-6-5-7-11-17(16)22-18(23)24-19(2,3)4/h14-17,20-21H,5-13H2,1-4H3,(H,22,23). The smallest absolute Gasteiger partial charge is 0.407 e. The van der Waals surface area contributed by atoms with Crippen LogP contribution in [-0.2, 0) is 4.74 Å². The number of nitrogens with one attached hydrogen (secondary N) is 3. The molecule has 0 bridgehead atoms. The Labute approximate surface area is 147 Å². The van der Waals surface area contributed by atoms with E-state index in [1.807, 2.05) is 20.8 Å². The summed E-state index contributed by atoms with van der Waals surface area (Å²) in [6.07, 6.45) is 9.29. The summed E-state index contributed by atoms with van der Waals surface area (Å²) in [6, 6.07) is 1.62. The van der Waals surface area contributed by atoms with Gasteiger partial charge in [-0.05, 0) is 66.3 Å². The van der Waals surface area contributed by atoms with E-state index in [0.717, 1.165) is 25.8 Å². The van der Waals surface area contributed by atoms with Crippen LogP contribution in [0.15, 0.2) is 0 Å². The minimum Gasteiger partial charge on any atom is -0.444 e. The second-order valence-corrected chi connectivity index (χ2v) is 8.59. The van der Waals surface area contributed by atoms with Gasteiger partial charge in [0.05, 0.1) is 0 Å². The second kappa shape index (κ2) is 9.04. The zero-order valence-electron chi connectivity index (χ0n) is 16.0. The summed E-state index contributed by atoms with van der Waals surface area (Å²) in [4.78, 5) is 12.2. The van der Waals surface area contributed by atoms with Crippen molar-refractivity contribution in [1.82, 2.24) is 16.0 Å². The number of hydrogen-bond donors (Lipinski definition) is 3. The van der Waals surface area contributed by atoms with Crippen molar-refractivity contribution in [2.75, 3.05) is 6.54 Å². The number of alkyl carbamates (subject to hydrolysis) is 1.